The van der Waals surface area contributed by atoms with Crippen molar-refractivity contribution in [3.63, 3.8) is 0 Å². The van der Waals surface area contributed by atoms with Crippen LogP contribution in [-0.4, -0.2) is 19.3 Å². The van der Waals surface area contributed by atoms with Crippen molar-refractivity contribution in [1.82, 2.24) is 5.32 Å². The van der Waals surface area contributed by atoms with Crippen molar-refractivity contribution >= 4 is 23.8 Å². The molecule has 0 aliphatic rings. The molecule has 0 aliphatic heterocycles. The Morgan fingerprint density at radius 3 is 2.55 bits per heavy atom. The predicted octanol–water partition coefficient (Wildman–Crippen LogP) is 5.04. The zero-order valence-corrected chi connectivity index (χ0v) is 16.1. The Bertz CT molecular complexity index is 1090. The predicted molar refractivity (Wildman–Crippen MR) is 106 cm³/mol. The fourth-order valence-electron chi connectivity index (χ4n) is 2.89. The van der Waals surface area contributed by atoms with Crippen LogP contribution in [0, 0.1) is 11.6 Å². The Kier molecular flexibility index (Phi) is 6.24. The van der Waals surface area contributed by atoms with E-state index in [2.05, 4.69) is 5.32 Å². The molecule has 0 saturated heterocycles. The van der Waals surface area contributed by atoms with Crippen molar-refractivity contribution in [2.24, 2.45) is 0 Å². The van der Waals surface area contributed by atoms with Crippen LogP contribution in [0.3, 0.4) is 0 Å². The van der Waals surface area contributed by atoms with Crippen LogP contribution in [0.2, 0.25) is 5.02 Å². The number of nitrogens with one attached hydrogen (secondary N) is 1. The Morgan fingerprint density at radius 2 is 1.86 bits per heavy atom. The zero-order valence-electron chi connectivity index (χ0n) is 15.3. The number of amides is 1. The van der Waals surface area contributed by atoms with E-state index in [1.165, 1.54) is 25.3 Å². The lowest BCUT2D eigenvalue weighted by atomic mass is 10.0. The average Bonchev–Trinajstić information content (AvgIpc) is 2.71. The third kappa shape index (κ3) is 4.78. The number of methoxy groups -OCH3 is 1. The summed E-state index contributed by atoms with van der Waals surface area (Å²) in [5.41, 5.74) is 1.82. The van der Waals surface area contributed by atoms with Gasteiger partial charge in [-0.05, 0) is 59.7 Å². The molecular formula is C22H16ClF2NO3. The van der Waals surface area contributed by atoms with Gasteiger partial charge >= 0.3 is 0 Å². The number of hydrogen-bond acceptors (Lipinski definition) is 3. The van der Waals surface area contributed by atoms with Gasteiger partial charge in [0.15, 0.2) is 0 Å². The first-order chi connectivity index (χ1) is 13.9. The fourth-order valence-corrected chi connectivity index (χ4v) is 3.05. The van der Waals surface area contributed by atoms with Crippen molar-refractivity contribution in [2.75, 3.05) is 7.11 Å². The molecule has 1 N–H and O–H groups in total. The maximum absolute atomic E-state index is 13.9. The Hall–Kier alpha value is -3.25. The Morgan fingerprint density at radius 1 is 1.07 bits per heavy atom. The highest BCUT2D eigenvalue weighted by atomic mass is 35.5. The first-order valence-corrected chi connectivity index (χ1v) is 8.95. The van der Waals surface area contributed by atoms with Crippen LogP contribution < -0.4 is 10.1 Å². The second-order valence-electron chi connectivity index (χ2n) is 6.22. The SMILES string of the molecule is COc1ccc(-c2cc(F)cc(C=O)c2)cc1CNC(=O)c1ccc(Cl)cc1F. The number of benzene rings is 3. The number of hydrogen-bond donors (Lipinski definition) is 1. The van der Waals surface area contributed by atoms with E-state index in [1.807, 2.05) is 0 Å². The minimum Gasteiger partial charge on any atom is -0.496 e. The summed E-state index contributed by atoms with van der Waals surface area (Å²) >= 11 is 5.71. The molecular weight excluding hydrogens is 400 g/mol. The molecule has 0 unspecified atom stereocenters. The van der Waals surface area contributed by atoms with Crippen molar-refractivity contribution in [1.29, 1.82) is 0 Å². The standard InChI is InChI=1S/C22H16ClF2NO3/c1-29-21-5-2-14(15-6-13(12-27)7-18(24)9-15)8-16(21)11-26-22(28)19-4-3-17(23)10-20(19)25/h2-10,12H,11H2,1H3,(H,26,28). The molecule has 29 heavy (non-hydrogen) atoms. The summed E-state index contributed by atoms with van der Waals surface area (Å²) in [7, 11) is 1.48. The van der Waals surface area contributed by atoms with E-state index >= 15 is 0 Å². The lowest BCUT2D eigenvalue weighted by molar-refractivity contribution is 0.0946. The molecule has 3 aromatic carbocycles. The number of halogens is 3. The summed E-state index contributed by atoms with van der Waals surface area (Å²) in [5, 5.41) is 2.82. The van der Waals surface area contributed by atoms with Crippen LogP contribution in [0.4, 0.5) is 8.78 Å². The molecule has 0 heterocycles. The van der Waals surface area contributed by atoms with Crippen molar-refractivity contribution in [3.05, 3.63) is 87.9 Å². The summed E-state index contributed by atoms with van der Waals surface area (Å²) < 4.78 is 33.0. The molecule has 4 nitrogen and oxygen atoms in total. The van der Waals surface area contributed by atoms with Gasteiger partial charge in [-0.2, -0.15) is 0 Å². The van der Waals surface area contributed by atoms with Gasteiger partial charge < -0.3 is 10.1 Å². The highest BCUT2D eigenvalue weighted by Gasteiger charge is 2.14. The summed E-state index contributed by atoms with van der Waals surface area (Å²) in [6.45, 7) is 0.0494. The van der Waals surface area contributed by atoms with Crippen LogP contribution >= 0.6 is 11.6 Å². The van der Waals surface area contributed by atoms with Gasteiger partial charge in [-0.15, -0.1) is 0 Å². The molecule has 0 aliphatic carbocycles. The monoisotopic (exact) mass is 415 g/mol. The number of ether oxygens (including phenoxy) is 1. The van der Waals surface area contributed by atoms with E-state index in [0.29, 0.717) is 28.7 Å². The summed E-state index contributed by atoms with van der Waals surface area (Å²) in [6.07, 6.45) is 0.567. The third-order valence-electron chi connectivity index (χ3n) is 4.29. The fraction of sp³-hybridized carbons (Fsp3) is 0.0909. The van der Waals surface area contributed by atoms with Crippen LogP contribution in [0.5, 0.6) is 5.75 Å². The molecule has 0 atom stereocenters. The molecule has 3 rings (SSSR count). The summed E-state index contributed by atoms with van der Waals surface area (Å²) in [4.78, 5) is 23.3. The topological polar surface area (TPSA) is 55.4 Å². The maximum atomic E-state index is 13.9. The molecule has 0 fully saturated rings. The molecule has 0 spiro atoms. The van der Waals surface area contributed by atoms with Gasteiger partial charge in [-0.1, -0.05) is 17.7 Å². The van der Waals surface area contributed by atoms with Gasteiger partial charge in [0, 0.05) is 22.7 Å². The Labute approximate surface area is 171 Å². The average molecular weight is 416 g/mol. The zero-order chi connectivity index (χ0) is 21.0. The highest BCUT2D eigenvalue weighted by Crippen LogP contribution is 2.28. The van der Waals surface area contributed by atoms with Gasteiger partial charge in [-0.3, -0.25) is 9.59 Å². The summed E-state index contributed by atoms with van der Waals surface area (Å²) in [6, 6.07) is 12.9. The third-order valence-corrected chi connectivity index (χ3v) is 4.52. The largest absolute Gasteiger partial charge is 0.496 e. The van der Waals surface area contributed by atoms with E-state index in [0.717, 1.165) is 12.1 Å². The molecule has 3 aromatic rings. The van der Waals surface area contributed by atoms with Gasteiger partial charge in [0.1, 0.15) is 23.7 Å². The van der Waals surface area contributed by atoms with Crippen LogP contribution in [-0.2, 0) is 6.54 Å². The van der Waals surface area contributed by atoms with Crippen molar-refractivity contribution in [2.45, 2.75) is 6.54 Å². The minimum atomic E-state index is -0.725. The molecule has 0 bridgehead atoms. The van der Waals surface area contributed by atoms with Gasteiger partial charge in [0.2, 0.25) is 0 Å². The van der Waals surface area contributed by atoms with E-state index in [9.17, 15) is 18.4 Å². The van der Waals surface area contributed by atoms with Crippen molar-refractivity contribution in [3.8, 4) is 16.9 Å². The smallest absolute Gasteiger partial charge is 0.254 e. The van der Waals surface area contributed by atoms with E-state index in [4.69, 9.17) is 16.3 Å². The molecule has 0 saturated carbocycles. The first-order valence-electron chi connectivity index (χ1n) is 8.57. The first kappa shape index (κ1) is 20.5. The molecule has 0 aromatic heterocycles. The van der Waals surface area contributed by atoms with E-state index in [-0.39, 0.29) is 22.7 Å². The van der Waals surface area contributed by atoms with Gasteiger partial charge in [0.25, 0.3) is 5.91 Å². The summed E-state index contributed by atoms with van der Waals surface area (Å²) in [5.74, 6) is -1.37. The lowest BCUT2D eigenvalue weighted by Gasteiger charge is -2.13. The van der Waals surface area contributed by atoms with Crippen LogP contribution in [0.25, 0.3) is 11.1 Å². The van der Waals surface area contributed by atoms with Crippen molar-refractivity contribution < 1.29 is 23.1 Å². The Balaban J connectivity index is 1.87. The second kappa shape index (κ2) is 8.84. The number of carbonyl (C=O) groups excluding carboxylic acids is 2. The second-order valence-corrected chi connectivity index (χ2v) is 6.66. The van der Waals surface area contributed by atoms with E-state index in [1.54, 1.807) is 24.3 Å². The molecule has 148 valence electrons. The molecule has 7 heteroatoms. The maximum Gasteiger partial charge on any atom is 0.254 e. The van der Waals surface area contributed by atoms with Gasteiger partial charge in [-0.25, -0.2) is 8.78 Å². The molecule has 0 radical (unpaired) electrons. The van der Waals surface area contributed by atoms with E-state index < -0.39 is 17.5 Å². The molecule has 1 amide bonds. The lowest BCUT2D eigenvalue weighted by Crippen LogP contribution is -2.24. The van der Waals surface area contributed by atoms with Crippen LogP contribution in [0.15, 0.2) is 54.6 Å². The highest BCUT2D eigenvalue weighted by molar-refractivity contribution is 6.30. The quantitative estimate of drug-likeness (QED) is 0.574. The normalized spacial score (nSPS) is 10.5. The van der Waals surface area contributed by atoms with Crippen LogP contribution in [0.1, 0.15) is 26.3 Å². The van der Waals surface area contributed by atoms with Gasteiger partial charge in [0.05, 0.1) is 12.7 Å². The number of rotatable bonds is 6. The number of carbonyl (C=O) groups is 2. The minimum absolute atomic E-state index is 0.0494. The number of aldehydes is 1.